The molecule has 14 heavy (non-hydrogen) atoms. The van der Waals surface area contributed by atoms with Gasteiger partial charge >= 0.3 is 0 Å². The lowest BCUT2D eigenvalue weighted by Gasteiger charge is -2.28. The van der Waals surface area contributed by atoms with Crippen LogP contribution in [0.15, 0.2) is 0 Å². The molecule has 1 fully saturated rings. The Bertz CT molecular complexity index is 158. The Labute approximate surface area is 91.8 Å². The van der Waals surface area contributed by atoms with Crippen LogP contribution in [0.3, 0.4) is 0 Å². The van der Waals surface area contributed by atoms with E-state index in [2.05, 4.69) is 0 Å². The maximum Gasteiger partial charge on any atom is 0.136 e. The molecule has 3 nitrogen and oxygen atoms in total. The molecule has 0 spiro atoms. The van der Waals surface area contributed by atoms with Crippen molar-refractivity contribution in [1.29, 1.82) is 0 Å². The van der Waals surface area contributed by atoms with Crippen LogP contribution in [0.2, 0.25) is 0 Å². The molecule has 84 valence electrons. The van der Waals surface area contributed by atoms with Crippen LogP contribution in [0, 0.1) is 5.92 Å². The summed E-state index contributed by atoms with van der Waals surface area (Å²) in [4.78, 5) is 10.3. The third kappa shape index (κ3) is 4.40. The Morgan fingerprint density at radius 3 is 2.43 bits per heavy atom. The number of ether oxygens (including phenoxy) is 1. The average molecular weight is 222 g/mol. The highest BCUT2D eigenvalue weighted by molar-refractivity contribution is 5.85. The van der Waals surface area contributed by atoms with Crippen molar-refractivity contribution in [1.82, 2.24) is 0 Å². The molecule has 0 aromatic carbocycles. The highest BCUT2D eigenvalue weighted by Crippen LogP contribution is 2.28. The van der Waals surface area contributed by atoms with E-state index in [4.69, 9.17) is 10.5 Å². The fraction of sp³-hybridized carbons (Fsp3) is 0.900. The summed E-state index contributed by atoms with van der Waals surface area (Å²) in [7, 11) is 1.77. The number of hydrogen-bond donors (Lipinski definition) is 1. The van der Waals surface area contributed by atoms with Gasteiger partial charge in [-0.3, -0.25) is 0 Å². The molecular formula is C10H20ClNO2. The highest BCUT2D eigenvalue weighted by atomic mass is 35.5. The van der Waals surface area contributed by atoms with Gasteiger partial charge in [0.1, 0.15) is 6.29 Å². The van der Waals surface area contributed by atoms with Crippen molar-refractivity contribution in [2.45, 2.75) is 44.2 Å². The van der Waals surface area contributed by atoms with Crippen molar-refractivity contribution in [3.05, 3.63) is 0 Å². The van der Waals surface area contributed by atoms with Crippen molar-refractivity contribution in [2.24, 2.45) is 11.7 Å². The number of methoxy groups -OCH3 is 1. The number of rotatable bonds is 4. The van der Waals surface area contributed by atoms with E-state index in [0.29, 0.717) is 12.0 Å². The molecule has 0 radical (unpaired) electrons. The van der Waals surface area contributed by atoms with Crippen molar-refractivity contribution in [3.8, 4) is 0 Å². The van der Waals surface area contributed by atoms with E-state index < -0.39 is 0 Å². The molecular weight excluding hydrogens is 202 g/mol. The van der Waals surface area contributed by atoms with E-state index in [0.717, 1.165) is 38.4 Å². The molecule has 0 bridgehead atoms. The number of carbonyl (C=O) groups is 1. The Morgan fingerprint density at radius 1 is 1.43 bits per heavy atom. The van der Waals surface area contributed by atoms with Crippen molar-refractivity contribution >= 4 is 18.7 Å². The van der Waals surface area contributed by atoms with Gasteiger partial charge in [-0.2, -0.15) is 0 Å². The predicted molar refractivity (Wildman–Crippen MR) is 58.7 cm³/mol. The van der Waals surface area contributed by atoms with E-state index in [1.54, 1.807) is 7.11 Å². The SMILES string of the molecule is COC1CCC(CC(N)C=O)CC1.Cl. The normalized spacial score (nSPS) is 29.0. The summed E-state index contributed by atoms with van der Waals surface area (Å²) in [5.74, 6) is 0.631. The zero-order chi connectivity index (χ0) is 9.68. The number of hydrogen-bond acceptors (Lipinski definition) is 3. The second kappa shape index (κ2) is 7.21. The van der Waals surface area contributed by atoms with Gasteiger partial charge in [0.15, 0.2) is 0 Å². The van der Waals surface area contributed by atoms with E-state index in [1.807, 2.05) is 0 Å². The lowest BCUT2D eigenvalue weighted by molar-refractivity contribution is -0.109. The minimum atomic E-state index is -0.260. The van der Waals surface area contributed by atoms with Gasteiger partial charge in [-0.1, -0.05) is 0 Å². The molecule has 1 unspecified atom stereocenters. The van der Waals surface area contributed by atoms with E-state index in [9.17, 15) is 4.79 Å². The van der Waals surface area contributed by atoms with Gasteiger partial charge in [0, 0.05) is 7.11 Å². The van der Waals surface area contributed by atoms with Gasteiger partial charge < -0.3 is 15.3 Å². The van der Waals surface area contributed by atoms with Gasteiger partial charge in [-0.25, -0.2) is 0 Å². The van der Waals surface area contributed by atoms with Crippen molar-refractivity contribution < 1.29 is 9.53 Å². The minimum absolute atomic E-state index is 0. The summed E-state index contributed by atoms with van der Waals surface area (Å²) >= 11 is 0. The molecule has 1 aliphatic carbocycles. The maximum absolute atomic E-state index is 10.3. The molecule has 1 rings (SSSR count). The largest absolute Gasteiger partial charge is 0.381 e. The first-order valence-electron chi connectivity index (χ1n) is 5.00. The van der Waals surface area contributed by atoms with E-state index >= 15 is 0 Å². The molecule has 2 N–H and O–H groups in total. The zero-order valence-electron chi connectivity index (χ0n) is 8.65. The molecule has 0 aromatic heterocycles. The quantitative estimate of drug-likeness (QED) is 0.733. The number of nitrogens with two attached hydrogens (primary N) is 1. The molecule has 1 atom stereocenters. The van der Waals surface area contributed by atoms with Crippen LogP contribution in [-0.2, 0) is 9.53 Å². The highest BCUT2D eigenvalue weighted by Gasteiger charge is 2.22. The van der Waals surface area contributed by atoms with Crippen LogP contribution >= 0.6 is 12.4 Å². The van der Waals surface area contributed by atoms with Crippen LogP contribution in [0.1, 0.15) is 32.1 Å². The Morgan fingerprint density at radius 2 is 2.00 bits per heavy atom. The molecule has 1 saturated carbocycles. The summed E-state index contributed by atoms with van der Waals surface area (Å²) in [6.45, 7) is 0. The molecule has 0 heterocycles. The maximum atomic E-state index is 10.3. The standard InChI is InChI=1S/C10H19NO2.ClH/c1-13-10-4-2-8(3-5-10)6-9(11)7-12;/h7-10H,2-6,11H2,1H3;1H. The van der Waals surface area contributed by atoms with E-state index in [1.165, 1.54) is 0 Å². The van der Waals surface area contributed by atoms with Crippen molar-refractivity contribution in [3.63, 3.8) is 0 Å². The summed E-state index contributed by atoms with van der Waals surface area (Å²) in [5, 5.41) is 0. The fourth-order valence-corrected chi connectivity index (χ4v) is 2.04. The molecule has 0 aliphatic heterocycles. The predicted octanol–water partition coefficient (Wildman–Crippen LogP) is 1.53. The molecule has 4 heteroatoms. The number of halogens is 1. The molecule has 0 saturated heterocycles. The van der Waals surface area contributed by atoms with Gasteiger partial charge in [0.05, 0.1) is 12.1 Å². The fourth-order valence-electron chi connectivity index (χ4n) is 2.04. The Hall–Kier alpha value is -0.120. The van der Waals surface area contributed by atoms with E-state index in [-0.39, 0.29) is 18.4 Å². The smallest absolute Gasteiger partial charge is 0.136 e. The summed E-state index contributed by atoms with van der Waals surface area (Å²) in [6.07, 6.45) is 6.67. The van der Waals surface area contributed by atoms with Crippen LogP contribution in [0.4, 0.5) is 0 Å². The average Bonchev–Trinajstić information content (AvgIpc) is 2.19. The summed E-state index contributed by atoms with van der Waals surface area (Å²) in [6, 6.07) is -0.260. The van der Waals surface area contributed by atoms with Gasteiger partial charge in [0.25, 0.3) is 0 Å². The monoisotopic (exact) mass is 221 g/mol. The van der Waals surface area contributed by atoms with Crippen LogP contribution in [0.25, 0.3) is 0 Å². The minimum Gasteiger partial charge on any atom is -0.381 e. The number of carbonyl (C=O) groups excluding carboxylic acids is 1. The lowest BCUT2D eigenvalue weighted by atomic mass is 9.84. The van der Waals surface area contributed by atoms with Crippen LogP contribution < -0.4 is 5.73 Å². The topological polar surface area (TPSA) is 52.3 Å². The Kier molecular flexibility index (Phi) is 7.15. The molecule has 0 amide bonds. The Balaban J connectivity index is 0.00000169. The first-order chi connectivity index (χ1) is 6.26. The lowest BCUT2D eigenvalue weighted by Crippen LogP contribution is -2.28. The third-order valence-corrected chi connectivity index (χ3v) is 2.91. The van der Waals surface area contributed by atoms with Gasteiger partial charge in [0.2, 0.25) is 0 Å². The van der Waals surface area contributed by atoms with Crippen molar-refractivity contribution in [2.75, 3.05) is 7.11 Å². The second-order valence-electron chi connectivity index (χ2n) is 3.91. The molecule has 1 aliphatic rings. The van der Waals surface area contributed by atoms with Gasteiger partial charge in [-0.15, -0.1) is 12.4 Å². The van der Waals surface area contributed by atoms with Gasteiger partial charge in [-0.05, 0) is 38.0 Å². The first-order valence-corrected chi connectivity index (χ1v) is 5.00. The summed E-state index contributed by atoms with van der Waals surface area (Å²) in [5.41, 5.74) is 5.57. The number of aldehydes is 1. The zero-order valence-corrected chi connectivity index (χ0v) is 9.46. The second-order valence-corrected chi connectivity index (χ2v) is 3.91. The summed E-state index contributed by atoms with van der Waals surface area (Å²) < 4.78 is 5.27. The molecule has 0 aromatic rings. The third-order valence-electron chi connectivity index (χ3n) is 2.91. The first kappa shape index (κ1) is 13.9. The van der Waals surface area contributed by atoms with Crippen LogP contribution in [0.5, 0.6) is 0 Å². The van der Waals surface area contributed by atoms with Crippen LogP contribution in [-0.4, -0.2) is 25.5 Å².